The molecule has 1 aromatic heterocycles. The standard InChI is InChI=1S/C17H18BrNO5/c1-10-5-12(18)6-11-7-13(24-14(10)11)15(20)19-4-3-17(8-19,9-23-2)16(21)22/h5-7H,3-4,8-9H2,1-2H3,(H,21,22). The molecule has 1 N–H and O–H groups in total. The van der Waals surface area contributed by atoms with E-state index in [-0.39, 0.29) is 24.8 Å². The first-order valence-corrected chi connectivity index (χ1v) is 8.37. The lowest BCUT2D eigenvalue weighted by Crippen LogP contribution is -2.40. The minimum Gasteiger partial charge on any atom is -0.481 e. The molecule has 6 nitrogen and oxygen atoms in total. The number of halogens is 1. The first-order valence-electron chi connectivity index (χ1n) is 7.57. The van der Waals surface area contributed by atoms with Crippen molar-refractivity contribution in [2.24, 2.45) is 5.41 Å². The Labute approximate surface area is 147 Å². The molecule has 7 heteroatoms. The van der Waals surface area contributed by atoms with Gasteiger partial charge in [-0.25, -0.2) is 0 Å². The highest BCUT2D eigenvalue weighted by atomic mass is 79.9. The first-order chi connectivity index (χ1) is 11.4. The molecule has 1 atom stereocenters. The molecule has 2 aromatic rings. The van der Waals surface area contributed by atoms with Gasteiger partial charge in [0.1, 0.15) is 11.0 Å². The molecule has 1 aliphatic rings. The number of fused-ring (bicyclic) bond motifs is 1. The number of carboxylic acid groups (broad SMARTS) is 1. The Morgan fingerprint density at radius 1 is 1.42 bits per heavy atom. The van der Waals surface area contributed by atoms with Crippen LogP contribution in [0.5, 0.6) is 0 Å². The van der Waals surface area contributed by atoms with Gasteiger partial charge in [0.25, 0.3) is 5.91 Å². The number of amides is 1. The number of methoxy groups -OCH3 is 1. The van der Waals surface area contributed by atoms with Crippen molar-refractivity contribution in [1.82, 2.24) is 4.90 Å². The van der Waals surface area contributed by atoms with Crippen LogP contribution in [0.2, 0.25) is 0 Å². The van der Waals surface area contributed by atoms with Gasteiger partial charge in [0.05, 0.1) is 6.61 Å². The van der Waals surface area contributed by atoms with Crippen molar-refractivity contribution in [3.63, 3.8) is 0 Å². The smallest absolute Gasteiger partial charge is 0.313 e. The predicted molar refractivity (Wildman–Crippen MR) is 91.1 cm³/mol. The molecule has 2 heterocycles. The molecule has 1 aliphatic heterocycles. The van der Waals surface area contributed by atoms with Gasteiger partial charge >= 0.3 is 5.97 Å². The van der Waals surface area contributed by atoms with Crippen molar-refractivity contribution in [3.05, 3.63) is 34.0 Å². The summed E-state index contributed by atoms with van der Waals surface area (Å²) in [5.41, 5.74) is 0.552. The summed E-state index contributed by atoms with van der Waals surface area (Å²) in [6.07, 6.45) is 0.368. The zero-order valence-electron chi connectivity index (χ0n) is 13.5. The van der Waals surface area contributed by atoms with E-state index in [4.69, 9.17) is 9.15 Å². The molecule has 3 rings (SSSR count). The lowest BCUT2D eigenvalue weighted by molar-refractivity contribution is -0.151. The molecular formula is C17H18BrNO5. The number of ether oxygens (including phenoxy) is 1. The topological polar surface area (TPSA) is 80.0 Å². The lowest BCUT2D eigenvalue weighted by atomic mass is 9.88. The van der Waals surface area contributed by atoms with Gasteiger partial charge in [0.15, 0.2) is 5.76 Å². The number of carbonyl (C=O) groups excluding carboxylic acids is 1. The Balaban J connectivity index is 1.88. The number of aliphatic carboxylic acids is 1. The quantitative estimate of drug-likeness (QED) is 0.860. The summed E-state index contributed by atoms with van der Waals surface area (Å²) in [5, 5.41) is 10.3. The van der Waals surface area contributed by atoms with E-state index in [0.29, 0.717) is 18.5 Å². The fourth-order valence-electron chi connectivity index (χ4n) is 3.22. The van der Waals surface area contributed by atoms with E-state index in [9.17, 15) is 14.7 Å². The van der Waals surface area contributed by atoms with Crippen LogP contribution in [0, 0.1) is 12.3 Å². The zero-order valence-corrected chi connectivity index (χ0v) is 15.1. The number of aryl methyl sites for hydroxylation is 1. The van der Waals surface area contributed by atoms with Crippen LogP contribution in [0.15, 0.2) is 27.1 Å². The molecule has 1 saturated heterocycles. The maximum absolute atomic E-state index is 12.7. The average molecular weight is 396 g/mol. The van der Waals surface area contributed by atoms with Crippen molar-refractivity contribution >= 4 is 38.8 Å². The van der Waals surface area contributed by atoms with E-state index in [2.05, 4.69) is 15.9 Å². The summed E-state index contributed by atoms with van der Waals surface area (Å²) in [6.45, 7) is 2.48. The minimum absolute atomic E-state index is 0.0816. The third-order valence-electron chi connectivity index (χ3n) is 4.49. The number of likely N-dealkylation sites (tertiary alicyclic amines) is 1. The van der Waals surface area contributed by atoms with E-state index in [1.165, 1.54) is 12.0 Å². The van der Waals surface area contributed by atoms with Crippen molar-refractivity contribution in [1.29, 1.82) is 0 Å². The van der Waals surface area contributed by atoms with Crippen molar-refractivity contribution in [2.75, 3.05) is 26.8 Å². The number of carbonyl (C=O) groups is 2. The highest BCUT2D eigenvalue weighted by Crippen LogP contribution is 2.33. The average Bonchev–Trinajstić information content (AvgIpc) is 3.12. The summed E-state index contributed by atoms with van der Waals surface area (Å²) in [6, 6.07) is 5.51. The van der Waals surface area contributed by atoms with Gasteiger partial charge in [-0.3, -0.25) is 9.59 Å². The SMILES string of the molecule is COCC1(C(=O)O)CCN(C(=O)c2cc3cc(Br)cc(C)c3o2)C1. The second-order valence-corrected chi connectivity index (χ2v) is 7.16. The number of benzene rings is 1. The van der Waals surface area contributed by atoms with Gasteiger partial charge in [-0.1, -0.05) is 15.9 Å². The number of carboxylic acids is 1. The number of nitrogens with zero attached hydrogens (tertiary/aromatic N) is 1. The Morgan fingerprint density at radius 2 is 2.17 bits per heavy atom. The second kappa shape index (κ2) is 6.22. The Hall–Kier alpha value is -1.86. The third kappa shape index (κ3) is 2.82. The fraction of sp³-hybridized carbons (Fsp3) is 0.412. The normalized spacial score (nSPS) is 20.7. The molecule has 0 bridgehead atoms. The summed E-state index contributed by atoms with van der Waals surface area (Å²) in [5.74, 6) is -1.00. The Kier molecular flexibility index (Phi) is 4.40. The fourth-order valence-corrected chi connectivity index (χ4v) is 3.81. The van der Waals surface area contributed by atoms with Gasteiger partial charge in [0, 0.05) is 30.1 Å². The van der Waals surface area contributed by atoms with E-state index < -0.39 is 11.4 Å². The van der Waals surface area contributed by atoms with Crippen molar-refractivity contribution in [2.45, 2.75) is 13.3 Å². The summed E-state index contributed by atoms with van der Waals surface area (Å²) in [4.78, 5) is 25.8. The van der Waals surface area contributed by atoms with E-state index in [0.717, 1.165) is 15.4 Å². The predicted octanol–water partition coefficient (Wildman–Crippen LogP) is 3.07. The number of rotatable bonds is 4. The van der Waals surface area contributed by atoms with Crippen LogP contribution in [0.1, 0.15) is 22.5 Å². The summed E-state index contributed by atoms with van der Waals surface area (Å²) in [7, 11) is 1.47. The van der Waals surface area contributed by atoms with Crippen LogP contribution in [-0.2, 0) is 9.53 Å². The molecule has 0 spiro atoms. The molecule has 0 radical (unpaired) electrons. The van der Waals surface area contributed by atoms with Gasteiger partial charge in [-0.2, -0.15) is 0 Å². The molecule has 1 aromatic carbocycles. The van der Waals surface area contributed by atoms with Crippen LogP contribution in [0.4, 0.5) is 0 Å². The monoisotopic (exact) mass is 395 g/mol. The zero-order chi connectivity index (χ0) is 17.5. The van der Waals surface area contributed by atoms with Crippen molar-refractivity contribution < 1.29 is 23.8 Å². The minimum atomic E-state index is -1.05. The second-order valence-electron chi connectivity index (χ2n) is 6.25. The van der Waals surface area contributed by atoms with Gasteiger partial charge in [-0.05, 0) is 37.1 Å². The molecule has 128 valence electrons. The first kappa shape index (κ1) is 17.0. The molecule has 0 saturated carbocycles. The number of hydrogen-bond donors (Lipinski definition) is 1. The van der Waals surface area contributed by atoms with E-state index in [1.807, 2.05) is 19.1 Å². The van der Waals surface area contributed by atoms with Crippen molar-refractivity contribution in [3.8, 4) is 0 Å². The van der Waals surface area contributed by atoms with Gasteiger partial charge < -0.3 is 19.2 Å². The van der Waals surface area contributed by atoms with Crippen LogP contribution >= 0.6 is 15.9 Å². The van der Waals surface area contributed by atoms with E-state index >= 15 is 0 Å². The van der Waals surface area contributed by atoms with Crippen LogP contribution in [0.3, 0.4) is 0 Å². The maximum atomic E-state index is 12.7. The molecular weight excluding hydrogens is 378 g/mol. The molecule has 1 unspecified atom stereocenters. The largest absolute Gasteiger partial charge is 0.481 e. The summed E-state index contributed by atoms with van der Waals surface area (Å²) < 4.78 is 11.7. The molecule has 1 fully saturated rings. The van der Waals surface area contributed by atoms with Crippen LogP contribution in [-0.4, -0.2) is 48.7 Å². The summed E-state index contributed by atoms with van der Waals surface area (Å²) >= 11 is 3.43. The Bertz CT molecular complexity index is 815. The third-order valence-corrected chi connectivity index (χ3v) is 4.95. The lowest BCUT2D eigenvalue weighted by Gasteiger charge is -2.23. The van der Waals surface area contributed by atoms with Crippen LogP contribution in [0.25, 0.3) is 11.0 Å². The molecule has 1 amide bonds. The van der Waals surface area contributed by atoms with Crippen LogP contribution < -0.4 is 0 Å². The Morgan fingerprint density at radius 3 is 2.83 bits per heavy atom. The molecule has 24 heavy (non-hydrogen) atoms. The van der Waals surface area contributed by atoms with E-state index in [1.54, 1.807) is 6.07 Å². The van der Waals surface area contributed by atoms with Gasteiger partial charge in [0.2, 0.25) is 0 Å². The number of furan rings is 1. The van der Waals surface area contributed by atoms with Gasteiger partial charge in [-0.15, -0.1) is 0 Å². The highest BCUT2D eigenvalue weighted by molar-refractivity contribution is 9.10. The highest BCUT2D eigenvalue weighted by Gasteiger charge is 2.47. The number of hydrogen-bond acceptors (Lipinski definition) is 4. The maximum Gasteiger partial charge on any atom is 0.313 e. The molecule has 0 aliphatic carbocycles.